The molecule has 0 saturated carbocycles. The average molecular weight is 400 g/mol. The highest BCUT2D eigenvalue weighted by atomic mass is 16.5. The van der Waals surface area contributed by atoms with Crippen molar-refractivity contribution in [1.82, 2.24) is 9.88 Å². The zero-order valence-corrected chi connectivity index (χ0v) is 17.0. The van der Waals surface area contributed by atoms with E-state index in [2.05, 4.69) is 61.2 Å². The van der Waals surface area contributed by atoms with Crippen LogP contribution in [0.5, 0.6) is 5.75 Å². The Morgan fingerprint density at radius 3 is 2.17 bits per heavy atom. The third-order valence-electron chi connectivity index (χ3n) is 3.87. The molecule has 0 spiro atoms. The zero-order valence-electron chi connectivity index (χ0n) is 17.0. The Hall–Kier alpha value is -3.19. The molecule has 7 nitrogen and oxygen atoms in total. The molecule has 0 amide bonds. The predicted octanol–water partition coefficient (Wildman–Crippen LogP) is 3.43. The van der Waals surface area contributed by atoms with Crippen molar-refractivity contribution < 1.29 is 24.5 Å². The van der Waals surface area contributed by atoms with Gasteiger partial charge in [0.05, 0.1) is 0 Å². The van der Waals surface area contributed by atoms with Crippen LogP contribution in [0.1, 0.15) is 30.6 Å². The maximum absolute atomic E-state index is 9.55. The van der Waals surface area contributed by atoms with E-state index in [1.165, 1.54) is 5.56 Å². The number of aryl methyl sites for hydroxylation is 1. The fraction of sp³-hybridized carbons (Fsp3) is 0.318. The first-order valence-corrected chi connectivity index (χ1v) is 9.26. The molecule has 156 valence electrons. The second kappa shape index (κ2) is 13.1. The number of hydrogen-bond donors (Lipinski definition) is 2. The summed E-state index contributed by atoms with van der Waals surface area (Å²) in [6, 6.07) is 12.4. The van der Waals surface area contributed by atoms with Gasteiger partial charge in [0.1, 0.15) is 11.9 Å². The largest absolute Gasteiger partial charge is 0.486 e. The molecule has 2 aromatic rings. The predicted molar refractivity (Wildman–Crippen MR) is 111 cm³/mol. The summed E-state index contributed by atoms with van der Waals surface area (Å²) in [5.74, 6) is -1.60. The van der Waals surface area contributed by atoms with Gasteiger partial charge in [0.25, 0.3) is 0 Å². The van der Waals surface area contributed by atoms with Crippen molar-refractivity contribution in [2.24, 2.45) is 0 Å². The summed E-state index contributed by atoms with van der Waals surface area (Å²) >= 11 is 0. The number of carbonyl (C=O) groups is 2. The van der Waals surface area contributed by atoms with Crippen molar-refractivity contribution in [3.63, 3.8) is 0 Å². The van der Waals surface area contributed by atoms with Crippen molar-refractivity contribution >= 4 is 11.9 Å². The van der Waals surface area contributed by atoms with Crippen molar-refractivity contribution in [2.45, 2.75) is 25.9 Å². The molecule has 1 unspecified atom stereocenters. The van der Waals surface area contributed by atoms with Gasteiger partial charge in [-0.1, -0.05) is 25.1 Å². The summed E-state index contributed by atoms with van der Waals surface area (Å²) in [6.45, 7) is 3.14. The fourth-order valence-electron chi connectivity index (χ4n) is 2.35. The van der Waals surface area contributed by atoms with Gasteiger partial charge >= 0.3 is 11.9 Å². The Labute approximate surface area is 171 Å². The van der Waals surface area contributed by atoms with E-state index in [1.54, 1.807) is 6.20 Å². The smallest absolute Gasteiger partial charge is 0.328 e. The highest BCUT2D eigenvalue weighted by molar-refractivity contribution is 5.89. The first-order valence-electron chi connectivity index (χ1n) is 9.26. The summed E-state index contributed by atoms with van der Waals surface area (Å²) in [5.41, 5.74) is 2.45. The normalized spacial score (nSPS) is 11.6. The van der Waals surface area contributed by atoms with E-state index in [-0.39, 0.29) is 6.10 Å². The van der Waals surface area contributed by atoms with Crippen LogP contribution in [0.3, 0.4) is 0 Å². The molecule has 29 heavy (non-hydrogen) atoms. The first-order chi connectivity index (χ1) is 13.8. The van der Waals surface area contributed by atoms with Gasteiger partial charge in [0.15, 0.2) is 0 Å². The molecule has 1 aromatic heterocycles. The molecule has 2 N–H and O–H groups in total. The lowest BCUT2D eigenvalue weighted by Crippen LogP contribution is -2.18. The quantitative estimate of drug-likeness (QED) is 0.622. The van der Waals surface area contributed by atoms with Crippen LogP contribution >= 0.6 is 0 Å². The Balaban J connectivity index is 0.000000447. The number of aromatic nitrogens is 1. The van der Waals surface area contributed by atoms with Crippen LogP contribution in [0.15, 0.2) is 60.9 Å². The summed E-state index contributed by atoms with van der Waals surface area (Å²) in [6.07, 6.45) is 6.82. The maximum atomic E-state index is 9.55. The molecular weight excluding hydrogens is 372 g/mol. The minimum atomic E-state index is -1.26. The van der Waals surface area contributed by atoms with Gasteiger partial charge in [-0.25, -0.2) is 9.59 Å². The van der Waals surface area contributed by atoms with Gasteiger partial charge in [-0.15, -0.1) is 0 Å². The third-order valence-corrected chi connectivity index (χ3v) is 3.87. The standard InChI is InChI=1S/C18H24N2O.C4H4O4/c1-4-15-7-9-17(10-8-15)21-18(11-13-20(2)3)16-6-5-12-19-14-16;5-3(6)1-2-4(7)8/h5-10,12,14,18H,4,11,13H2,1-3H3;1-2H,(H,5,6)(H,7,8)/b;2-1-. The highest BCUT2D eigenvalue weighted by Crippen LogP contribution is 2.25. The molecule has 0 aliphatic heterocycles. The maximum Gasteiger partial charge on any atom is 0.328 e. The van der Waals surface area contributed by atoms with Crippen LogP contribution in [0.25, 0.3) is 0 Å². The topological polar surface area (TPSA) is 100.0 Å². The van der Waals surface area contributed by atoms with Crippen LogP contribution in [0, 0.1) is 0 Å². The highest BCUT2D eigenvalue weighted by Gasteiger charge is 2.14. The molecule has 1 heterocycles. The minimum absolute atomic E-state index is 0.0357. The van der Waals surface area contributed by atoms with Crippen molar-refractivity contribution in [3.8, 4) is 5.75 Å². The van der Waals surface area contributed by atoms with Crippen molar-refractivity contribution in [2.75, 3.05) is 20.6 Å². The molecular formula is C22H28N2O5. The van der Waals surface area contributed by atoms with Gasteiger partial charge < -0.3 is 19.8 Å². The minimum Gasteiger partial charge on any atom is -0.486 e. The number of ether oxygens (including phenoxy) is 1. The van der Waals surface area contributed by atoms with E-state index in [4.69, 9.17) is 14.9 Å². The molecule has 0 saturated heterocycles. The summed E-state index contributed by atoms with van der Waals surface area (Å²) in [7, 11) is 4.16. The molecule has 0 aliphatic carbocycles. The summed E-state index contributed by atoms with van der Waals surface area (Å²) in [5, 5.41) is 15.6. The van der Waals surface area contributed by atoms with Crippen LogP contribution < -0.4 is 4.74 Å². The summed E-state index contributed by atoms with van der Waals surface area (Å²) in [4.78, 5) is 25.5. The molecule has 1 aromatic carbocycles. The lowest BCUT2D eigenvalue weighted by Gasteiger charge is -2.21. The molecule has 1 atom stereocenters. The Morgan fingerprint density at radius 2 is 1.72 bits per heavy atom. The zero-order chi connectivity index (χ0) is 21.6. The number of nitrogens with zero attached hydrogens (tertiary/aromatic N) is 2. The number of hydrogen-bond acceptors (Lipinski definition) is 5. The first kappa shape index (κ1) is 23.8. The summed E-state index contributed by atoms with van der Waals surface area (Å²) < 4.78 is 6.18. The third kappa shape index (κ3) is 10.7. The molecule has 0 bridgehead atoms. The van der Waals surface area contributed by atoms with Crippen molar-refractivity contribution in [3.05, 3.63) is 72.1 Å². The van der Waals surface area contributed by atoms with E-state index in [0.717, 1.165) is 30.7 Å². The van der Waals surface area contributed by atoms with Gasteiger partial charge in [0, 0.05) is 43.1 Å². The molecule has 7 heteroatoms. The van der Waals surface area contributed by atoms with E-state index >= 15 is 0 Å². The van der Waals surface area contributed by atoms with Crippen LogP contribution in [-0.4, -0.2) is 52.7 Å². The molecule has 2 rings (SSSR count). The Bertz CT molecular complexity index is 758. The molecule has 0 aliphatic rings. The Morgan fingerprint density at radius 1 is 1.10 bits per heavy atom. The molecule has 0 radical (unpaired) electrons. The number of benzene rings is 1. The number of carboxylic acid groups (broad SMARTS) is 2. The van der Waals surface area contributed by atoms with E-state index in [1.807, 2.05) is 12.3 Å². The van der Waals surface area contributed by atoms with Crippen LogP contribution in [-0.2, 0) is 16.0 Å². The number of carboxylic acids is 2. The van der Waals surface area contributed by atoms with E-state index in [9.17, 15) is 9.59 Å². The lowest BCUT2D eigenvalue weighted by atomic mass is 10.1. The Kier molecular flexibility index (Phi) is 10.7. The van der Waals surface area contributed by atoms with Gasteiger partial charge in [-0.2, -0.15) is 0 Å². The van der Waals surface area contributed by atoms with Crippen LogP contribution in [0.4, 0.5) is 0 Å². The van der Waals surface area contributed by atoms with E-state index < -0.39 is 11.9 Å². The van der Waals surface area contributed by atoms with Gasteiger partial charge in [0.2, 0.25) is 0 Å². The second-order valence-corrected chi connectivity index (χ2v) is 6.49. The monoisotopic (exact) mass is 400 g/mol. The number of pyridine rings is 1. The van der Waals surface area contributed by atoms with Crippen molar-refractivity contribution in [1.29, 1.82) is 0 Å². The van der Waals surface area contributed by atoms with Gasteiger partial charge in [-0.05, 0) is 44.3 Å². The van der Waals surface area contributed by atoms with Gasteiger partial charge in [-0.3, -0.25) is 4.98 Å². The van der Waals surface area contributed by atoms with Crippen LogP contribution in [0.2, 0.25) is 0 Å². The fourth-order valence-corrected chi connectivity index (χ4v) is 2.35. The SMILES string of the molecule is CCc1ccc(OC(CCN(C)C)c2cccnc2)cc1.O=C(O)/C=C\C(=O)O. The molecule has 0 fully saturated rings. The lowest BCUT2D eigenvalue weighted by molar-refractivity contribution is -0.134. The average Bonchev–Trinajstić information content (AvgIpc) is 2.71. The second-order valence-electron chi connectivity index (χ2n) is 6.49. The number of aliphatic carboxylic acids is 2. The number of rotatable bonds is 9. The van der Waals surface area contributed by atoms with E-state index in [0.29, 0.717) is 12.2 Å².